The molecule has 1 aliphatic heterocycles. The first kappa shape index (κ1) is 11.2. The molecule has 0 fully saturated rings. The van der Waals surface area contributed by atoms with Crippen molar-refractivity contribution < 1.29 is 0 Å². The lowest BCUT2D eigenvalue weighted by atomic mass is 10.0. The Kier molecular flexibility index (Phi) is 3.21. The number of rotatable bonds is 2. The van der Waals surface area contributed by atoms with Gasteiger partial charge in [0.05, 0.1) is 10.6 Å². The van der Waals surface area contributed by atoms with Crippen LogP contribution in [-0.4, -0.2) is 21.2 Å². The van der Waals surface area contributed by atoms with Gasteiger partial charge in [-0.2, -0.15) is 0 Å². The smallest absolute Gasteiger partial charge is 0.0985 e. The van der Waals surface area contributed by atoms with Crippen molar-refractivity contribution in [3.63, 3.8) is 0 Å². The second kappa shape index (κ2) is 4.30. The number of thioether (sulfide) groups is 1. The van der Waals surface area contributed by atoms with Gasteiger partial charge in [-0.25, -0.2) is 0 Å². The molecule has 0 saturated carbocycles. The van der Waals surface area contributed by atoms with E-state index in [-0.39, 0.29) is 5.54 Å². The normalized spacial score (nSPS) is 27.5. The highest BCUT2D eigenvalue weighted by Crippen LogP contribution is 2.35. The van der Waals surface area contributed by atoms with Crippen LogP contribution in [0, 0.1) is 0 Å². The van der Waals surface area contributed by atoms with Crippen molar-refractivity contribution >= 4 is 32.7 Å². The van der Waals surface area contributed by atoms with Gasteiger partial charge in [-0.3, -0.25) is 4.99 Å². The number of halogens is 1. The molecule has 2 rings (SSSR count). The van der Waals surface area contributed by atoms with Crippen molar-refractivity contribution in [1.29, 1.82) is 0 Å². The number of aliphatic imine (C=N–C) groups is 1. The fourth-order valence-corrected chi connectivity index (χ4v) is 3.24. The number of benzene rings is 1. The van der Waals surface area contributed by atoms with Crippen molar-refractivity contribution in [2.45, 2.75) is 24.2 Å². The summed E-state index contributed by atoms with van der Waals surface area (Å²) in [7, 11) is 0. The Morgan fingerprint density at radius 2 is 2.07 bits per heavy atom. The third-order valence-electron chi connectivity index (χ3n) is 2.74. The molecule has 0 unspecified atom stereocenters. The number of nitrogens with zero attached hydrogens (tertiary/aromatic N) is 1. The molecule has 0 spiro atoms. The Morgan fingerprint density at radius 1 is 1.40 bits per heavy atom. The summed E-state index contributed by atoms with van der Waals surface area (Å²) < 4.78 is 0. The minimum Gasteiger partial charge on any atom is -0.269 e. The molecular formula is C12H14BrNS. The Morgan fingerprint density at radius 3 is 2.60 bits per heavy atom. The van der Waals surface area contributed by atoms with E-state index < -0.39 is 0 Å². The summed E-state index contributed by atoms with van der Waals surface area (Å²) in [6, 6.07) is 10.4. The van der Waals surface area contributed by atoms with Crippen LogP contribution in [0.3, 0.4) is 0 Å². The minimum atomic E-state index is 0.0375. The van der Waals surface area contributed by atoms with Crippen LogP contribution < -0.4 is 0 Å². The Bertz CT molecular complexity index is 374. The zero-order valence-electron chi connectivity index (χ0n) is 8.90. The first-order chi connectivity index (χ1) is 7.12. The summed E-state index contributed by atoms with van der Waals surface area (Å²) >= 11 is 5.49. The monoisotopic (exact) mass is 283 g/mol. The van der Waals surface area contributed by atoms with E-state index in [1.807, 2.05) is 17.8 Å². The fraction of sp³-hybridized carbons (Fsp3) is 0.417. The van der Waals surface area contributed by atoms with E-state index in [2.05, 4.69) is 54.0 Å². The van der Waals surface area contributed by atoms with Gasteiger partial charge in [-0.1, -0.05) is 53.2 Å². The Hall–Kier alpha value is -0.280. The minimum absolute atomic E-state index is 0.0375. The maximum absolute atomic E-state index is 4.82. The van der Waals surface area contributed by atoms with Crippen molar-refractivity contribution in [1.82, 2.24) is 0 Å². The number of hydrogen-bond donors (Lipinski definition) is 0. The van der Waals surface area contributed by atoms with Gasteiger partial charge in [0, 0.05) is 16.1 Å². The molecule has 0 saturated heterocycles. The maximum Gasteiger partial charge on any atom is 0.0985 e. The van der Waals surface area contributed by atoms with E-state index in [4.69, 9.17) is 4.99 Å². The summed E-state index contributed by atoms with van der Waals surface area (Å²) in [5, 5.41) is 1.17. The third kappa shape index (κ3) is 2.28. The first-order valence-corrected chi connectivity index (χ1v) is 6.94. The highest BCUT2D eigenvalue weighted by Gasteiger charge is 2.35. The predicted octanol–water partition coefficient (Wildman–Crippen LogP) is 3.72. The third-order valence-corrected chi connectivity index (χ3v) is 5.05. The second-order valence-electron chi connectivity index (χ2n) is 4.04. The summed E-state index contributed by atoms with van der Waals surface area (Å²) in [5.41, 5.74) is 1.27. The van der Waals surface area contributed by atoms with E-state index in [9.17, 15) is 0 Å². The zero-order valence-corrected chi connectivity index (χ0v) is 11.3. The second-order valence-corrected chi connectivity index (χ2v) is 6.38. The van der Waals surface area contributed by atoms with E-state index in [0.717, 1.165) is 5.75 Å². The standard InChI is InChI=1S/C12H14BrNS/c1-9(13)12(2)8-15-11(14-12)10-6-4-3-5-7-10/h3-7,9H,8H2,1-2H3/t9-,12-/m1/s1. The molecule has 0 radical (unpaired) electrons. The molecule has 1 heterocycles. The van der Waals surface area contributed by atoms with Crippen LogP contribution in [-0.2, 0) is 0 Å². The van der Waals surface area contributed by atoms with Crippen LogP contribution in [0.2, 0.25) is 0 Å². The summed E-state index contributed by atoms with van der Waals surface area (Å²) in [5.74, 6) is 1.06. The average molecular weight is 284 g/mol. The van der Waals surface area contributed by atoms with Crippen LogP contribution in [0.25, 0.3) is 0 Å². The molecule has 0 aliphatic carbocycles. The van der Waals surface area contributed by atoms with Crippen molar-refractivity contribution in [2.75, 3.05) is 5.75 Å². The maximum atomic E-state index is 4.82. The van der Waals surface area contributed by atoms with Gasteiger partial charge in [0.1, 0.15) is 0 Å². The van der Waals surface area contributed by atoms with Crippen molar-refractivity contribution in [3.8, 4) is 0 Å². The van der Waals surface area contributed by atoms with Gasteiger partial charge in [0.25, 0.3) is 0 Å². The largest absolute Gasteiger partial charge is 0.269 e. The summed E-state index contributed by atoms with van der Waals surface area (Å²) in [4.78, 5) is 5.24. The Labute approximate surface area is 104 Å². The van der Waals surface area contributed by atoms with E-state index in [1.165, 1.54) is 10.6 Å². The van der Waals surface area contributed by atoms with E-state index in [0.29, 0.717) is 4.83 Å². The molecule has 1 aliphatic rings. The predicted molar refractivity (Wildman–Crippen MR) is 72.2 cm³/mol. The fourth-order valence-electron chi connectivity index (χ4n) is 1.44. The summed E-state index contributed by atoms with van der Waals surface area (Å²) in [6.07, 6.45) is 0. The van der Waals surface area contributed by atoms with Crippen LogP contribution >= 0.6 is 27.7 Å². The highest BCUT2D eigenvalue weighted by atomic mass is 79.9. The molecule has 1 aromatic rings. The average Bonchev–Trinajstić information content (AvgIpc) is 2.64. The number of alkyl halides is 1. The molecule has 3 heteroatoms. The lowest BCUT2D eigenvalue weighted by Gasteiger charge is -2.22. The molecule has 0 aromatic heterocycles. The topological polar surface area (TPSA) is 12.4 Å². The van der Waals surface area contributed by atoms with Crippen LogP contribution in [0.5, 0.6) is 0 Å². The SMILES string of the molecule is C[C@@H](Br)[C@@]1(C)CSC(c2ccccc2)=N1. The first-order valence-electron chi connectivity index (χ1n) is 5.04. The molecular weight excluding hydrogens is 270 g/mol. The van der Waals surface area contributed by atoms with Gasteiger partial charge in [-0.15, -0.1) is 11.8 Å². The van der Waals surface area contributed by atoms with Gasteiger partial charge in [0.2, 0.25) is 0 Å². The van der Waals surface area contributed by atoms with E-state index in [1.54, 1.807) is 0 Å². The molecule has 15 heavy (non-hydrogen) atoms. The molecule has 80 valence electrons. The zero-order chi connectivity index (χ0) is 10.9. The lowest BCUT2D eigenvalue weighted by molar-refractivity contribution is 0.543. The quantitative estimate of drug-likeness (QED) is 0.754. The summed E-state index contributed by atoms with van der Waals surface area (Å²) in [6.45, 7) is 4.37. The lowest BCUT2D eigenvalue weighted by Crippen LogP contribution is -2.31. The molecule has 1 aromatic carbocycles. The van der Waals surface area contributed by atoms with Crippen molar-refractivity contribution in [3.05, 3.63) is 35.9 Å². The molecule has 0 bridgehead atoms. The highest BCUT2D eigenvalue weighted by molar-refractivity contribution is 9.09. The van der Waals surface area contributed by atoms with Crippen molar-refractivity contribution in [2.24, 2.45) is 4.99 Å². The molecule has 0 amide bonds. The van der Waals surface area contributed by atoms with Crippen LogP contribution in [0.1, 0.15) is 19.4 Å². The van der Waals surface area contributed by atoms with Crippen LogP contribution in [0.4, 0.5) is 0 Å². The van der Waals surface area contributed by atoms with E-state index >= 15 is 0 Å². The van der Waals surface area contributed by atoms with Gasteiger partial charge < -0.3 is 0 Å². The Balaban J connectivity index is 2.28. The van der Waals surface area contributed by atoms with Crippen LogP contribution in [0.15, 0.2) is 35.3 Å². The number of hydrogen-bond acceptors (Lipinski definition) is 2. The van der Waals surface area contributed by atoms with Gasteiger partial charge >= 0.3 is 0 Å². The molecule has 2 atom stereocenters. The van der Waals surface area contributed by atoms with Gasteiger partial charge in [0.15, 0.2) is 0 Å². The molecule has 1 nitrogen and oxygen atoms in total. The molecule has 0 N–H and O–H groups in total. The van der Waals surface area contributed by atoms with Gasteiger partial charge in [-0.05, 0) is 6.92 Å².